The van der Waals surface area contributed by atoms with E-state index in [2.05, 4.69) is 48.5 Å². The highest BCUT2D eigenvalue weighted by Crippen LogP contribution is 2.36. The van der Waals surface area contributed by atoms with E-state index < -0.39 is 18.3 Å². The molecule has 0 saturated carbocycles. The van der Waals surface area contributed by atoms with Gasteiger partial charge in [-0.05, 0) is 30.2 Å². The molecule has 0 N–H and O–H groups in total. The average Bonchev–Trinajstić information content (AvgIpc) is 2.46. The van der Waals surface area contributed by atoms with Crippen LogP contribution >= 0.6 is 12.6 Å². The quantitative estimate of drug-likeness (QED) is 0.394. The van der Waals surface area contributed by atoms with Crippen LogP contribution in [0, 0.1) is 5.92 Å². The van der Waals surface area contributed by atoms with Gasteiger partial charge in [-0.1, -0.05) is 48.5 Å². The highest BCUT2D eigenvalue weighted by molar-refractivity contribution is 7.84. The molecule has 0 heterocycles. The van der Waals surface area contributed by atoms with Crippen LogP contribution in [0.4, 0.5) is 0 Å². The molecule has 0 aliphatic heterocycles. The van der Waals surface area contributed by atoms with E-state index in [1.54, 1.807) is 0 Å². The van der Waals surface area contributed by atoms with E-state index in [-0.39, 0.29) is 4.50 Å². The summed E-state index contributed by atoms with van der Waals surface area (Å²) in [5.41, 5.74) is 0. The van der Waals surface area contributed by atoms with E-state index in [1.807, 2.05) is 0 Å². The standard InChI is InChI=1S/C16H38O3SSi2/c1-8-11-17-22(18-12-9-2,19-13-10-3)15(20)21-16(6,7)14(4)5/h14-15,20H,8-13,21H2,1-7H3/t15-/m0/s1. The largest absolute Gasteiger partial charge is 0.510 e. The molecule has 6 heteroatoms. The number of rotatable bonds is 13. The maximum Gasteiger partial charge on any atom is 0.510 e. The van der Waals surface area contributed by atoms with Crippen molar-refractivity contribution in [3.8, 4) is 0 Å². The second-order valence-corrected chi connectivity index (χ2v) is 15.4. The lowest BCUT2D eigenvalue weighted by molar-refractivity contribution is 0.0620. The van der Waals surface area contributed by atoms with Crippen LogP contribution in [0.2, 0.25) is 5.04 Å². The van der Waals surface area contributed by atoms with E-state index in [1.165, 1.54) is 0 Å². The Hall–Kier alpha value is 0.664. The van der Waals surface area contributed by atoms with Crippen LogP contribution in [0.25, 0.3) is 0 Å². The van der Waals surface area contributed by atoms with E-state index in [4.69, 9.17) is 25.9 Å². The first-order valence-electron chi connectivity index (χ1n) is 8.85. The van der Waals surface area contributed by atoms with Crippen molar-refractivity contribution in [2.24, 2.45) is 5.92 Å². The lowest BCUT2D eigenvalue weighted by Gasteiger charge is -2.38. The van der Waals surface area contributed by atoms with Crippen molar-refractivity contribution in [2.45, 2.75) is 77.3 Å². The molecule has 0 radical (unpaired) electrons. The second-order valence-electron chi connectivity index (χ2n) is 7.01. The van der Waals surface area contributed by atoms with Gasteiger partial charge >= 0.3 is 8.80 Å². The summed E-state index contributed by atoms with van der Waals surface area (Å²) in [6.45, 7) is 17.8. The van der Waals surface area contributed by atoms with Gasteiger partial charge in [-0.2, -0.15) is 12.6 Å². The van der Waals surface area contributed by atoms with Crippen LogP contribution in [0.3, 0.4) is 0 Å². The molecule has 0 saturated heterocycles. The summed E-state index contributed by atoms with van der Waals surface area (Å²) in [6, 6.07) is 0. The van der Waals surface area contributed by atoms with E-state index in [0.29, 0.717) is 30.8 Å². The minimum atomic E-state index is -2.69. The van der Waals surface area contributed by atoms with Crippen LogP contribution in [-0.4, -0.2) is 42.6 Å². The number of hydrogen-bond acceptors (Lipinski definition) is 4. The van der Waals surface area contributed by atoms with Gasteiger partial charge in [0, 0.05) is 29.3 Å². The fourth-order valence-electron chi connectivity index (χ4n) is 2.01. The molecule has 0 amide bonds. The first kappa shape index (κ1) is 22.7. The van der Waals surface area contributed by atoms with Crippen molar-refractivity contribution < 1.29 is 13.3 Å². The van der Waals surface area contributed by atoms with Gasteiger partial charge in [0.1, 0.15) is 0 Å². The van der Waals surface area contributed by atoms with Crippen LogP contribution < -0.4 is 0 Å². The summed E-state index contributed by atoms with van der Waals surface area (Å²) in [4.78, 5) is 0. The lowest BCUT2D eigenvalue weighted by atomic mass is 9.99. The summed E-state index contributed by atoms with van der Waals surface area (Å²) in [5.74, 6) is 0.643. The Morgan fingerprint density at radius 3 is 1.55 bits per heavy atom. The Kier molecular flexibility index (Phi) is 11.6. The average molecular weight is 367 g/mol. The normalized spacial score (nSPS) is 15.1. The zero-order chi connectivity index (χ0) is 17.2. The molecule has 0 rings (SSSR count). The monoisotopic (exact) mass is 366 g/mol. The van der Waals surface area contributed by atoms with Gasteiger partial charge in [0.15, 0.2) is 0 Å². The predicted molar refractivity (Wildman–Crippen MR) is 105 cm³/mol. The zero-order valence-corrected chi connectivity index (χ0v) is 19.1. The summed E-state index contributed by atoms with van der Waals surface area (Å²) in [7, 11) is -3.21. The van der Waals surface area contributed by atoms with E-state index >= 15 is 0 Å². The van der Waals surface area contributed by atoms with E-state index in [9.17, 15) is 0 Å². The van der Waals surface area contributed by atoms with Gasteiger partial charge in [-0.25, -0.2) is 0 Å². The van der Waals surface area contributed by atoms with Crippen LogP contribution in [0.15, 0.2) is 0 Å². The molecule has 0 aliphatic carbocycles. The maximum absolute atomic E-state index is 6.22. The molecular formula is C16H38O3SSi2. The first-order chi connectivity index (χ1) is 10.3. The molecule has 0 bridgehead atoms. The van der Waals surface area contributed by atoms with Crippen molar-refractivity contribution in [1.29, 1.82) is 0 Å². The van der Waals surface area contributed by atoms with Crippen molar-refractivity contribution in [3.05, 3.63) is 0 Å². The summed E-state index contributed by atoms with van der Waals surface area (Å²) in [5, 5.41) is 0.325. The molecule has 3 nitrogen and oxygen atoms in total. The maximum atomic E-state index is 6.22. The van der Waals surface area contributed by atoms with Crippen LogP contribution in [0.5, 0.6) is 0 Å². The van der Waals surface area contributed by atoms with Crippen molar-refractivity contribution in [1.82, 2.24) is 0 Å². The predicted octanol–water partition coefficient (Wildman–Crippen LogP) is 4.02. The third-order valence-electron chi connectivity index (χ3n) is 4.21. The van der Waals surface area contributed by atoms with Gasteiger partial charge in [0.05, 0.1) is 4.50 Å². The van der Waals surface area contributed by atoms with Crippen LogP contribution in [-0.2, 0) is 13.3 Å². The van der Waals surface area contributed by atoms with Gasteiger partial charge in [0.25, 0.3) is 0 Å². The molecule has 0 aromatic rings. The molecule has 1 atom stereocenters. The Balaban J connectivity index is 5.18. The molecule has 0 spiro atoms. The molecule has 0 aromatic carbocycles. The van der Waals surface area contributed by atoms with Gasteiger partial charge < -0.3 is 13.3 Å². The highest BCUT2D eigenvalue weighted by Gasteiger charge is 2.50. The Labute approximate surface area is 147 Å². The number of thiol groups is 1. The first-order valence-corrected chi connectivity index (χ1v) is 12.7. The fraction of sp³-hybridized carbons (Fsp3) is 1.00. The van der Waals surface area contributed by atoms with Crippen molar-refractivity contribution >= 4 is 31.0 Å². The van der Waals surface area contributed by atoms with Crippen LogP contribution in [0.1, 0.15) is 67.7 Å². The third kappa shape index (κ3) is 7.49. The van der Waals surface area contributed by atoms with Gasteiger partial charge in [0.2, 0.25) is 0 Å². The Morgan fingerprint density at radius 1 is 0.909 bits per heavy atom. The third-order valence-corrected chi connectivity index (χ3v) is 12.7. The topological polar surface area (TPSA) is 27.7 Å². The second kappa shape index (κ2) is 11.3. The molecule has 22 heavy (non-hydrogen) atoms. The fourth-order valence-corrected chi connectivity index (χ4v) is 11.5. The van der Waals surface area contributed by atoms with Gasteiger partial charge in [-0.3, -0.25) is 0 Å². The summed E-state index contributed by atoms with van der Waals surface area (Å²) in [6.07, 6.45) is 2.94. The Bertz CT molecular complexity index is 267. The molecule has 0 aromatic heterocycles. The minimum absolute atomic E-state index is 0.162. The number of hydrogen-bond donors (Lipinski definition) is 1. The van der Waals surface area contributed by atoms with Gasteiger partial charge in [-0.15, -0.1) is 0 Å². The minimum Gasteiger partial charge on any atom is -0.373 e. The van der Waals surface area contributed by atoms with E-state index in [0.717, 1.165) is 19.3 Å². The van der Waals surface area contributed by atoms with Crippen molar-refractivity contribution in [3.63, 3.8) is 0 Å². The molecule has 134 valence electrons. The summed E-state index contributed by atoms with van der Waals surface area (Å²) < 4.78 is 18.8. The Morgan fingerprint density at radius 2 is 1.27 bits per heavy atom. The smallest absolute Gasteiger partial charge is 0.373 e. The highest BCUT2D eigenvalue weighted by atomic mass is 32.1. The van der Waals surface area contributed by atoms with Crippen molar-refractivity contribution in [2.75, 3.05) is 19.8 Å². The molecular weight excluding hydrogens is 328 g/mol. The zero-order valence-electron chi connectivity index (χ0n) is 15.8. The summed E-state index contributed by atoms with van der Waals surface area (Å²) >= 11 is 4.97. The SMILES string of the molecule is CCCO[Si](OCCC)(OCCC)[C@@H](S)[SiH2]C(C)(C)C(C)C. The molecule has 0 fully saturated rings. The molecule has 0 unspecified atom stereocenters. The lowest BCUT2D eigenvalue weighted by Crippen LogP contribution is -2.58. The molecule has 0 aliphatic rings.